The number of rotatable bonds is 4. The van der Waals surface area contributed by atoms with Crippen LogP contribution in [0.5, 0.6) is 0 Å². The van der Waals surface area contributed by atoms with Crippen LogP contribution >= 0.6 is 0 Å². The number of para-hydroxylation sites is 2. The third-order valence-electron chi connectivity index (χ3n) is 6.97. The minimum Gasteiger partial charge on any atom is -0.453 e. The van der Waals surface area contributed by atoms with Gasteiger partial charge in [0.05, 0.1) is 37.7 Å². The van der Waals surface area contributed by atoms with Crippen LogP contribution in [0.15, 0.2) is 30.6 Å². The lowest BCUT2D eigenvalue weighted by Gasteiger charge is -2.32. The number of halogens is 2. The van der Waals surface area contributed by atoms with Crippen molar-refractivity contribution in [2.45, 2.75) is 25.3 Å². The number of morpholine rings is 1. The zero-order valence-corrected chi connectivity index (χ0v) is 20.3. The number of carbonyl (C=O) groups excluding carboxylic acids is 1. The molecule has 194 valence electrons. The molecule has 11 nitrogen and oxygen atoms in total. The molecular formula is C24H26F2N8O3. The molecular weight excluding hydrogens is 486 g/mol. The molecule has 2 aliphatic rings. The molecule has 0 unspecified atom stereocenters. The highest BCUT2D eigenvalue weighted by atomic mass is 19.3. The van der Waals surface area contributed by atoms with Crippen LogP contribution in [0.2, 0.25) is 0 Å². The topological polar surface area (TPSA) is 103 Å². The molecule has 13 heteroatoms. The van der Waals surface area contributed by atoms with Crippen molar-refractivity contribution in [2.75, 3.05) is 51.4 Å². The summed E-state index contributed by atoms with van der Waals surface area (Å²) in [6.45, 7) is 3.29. The number of hydrogen-bond acceptors (Lipinski definition) is 8. The number of ether oxygens (including phenoxy) is 2. The Bertz CT molecular complexity index is 1440. The van der Waals surface area contributed by atoms with Crippen LogP contribution < -0.4 is 4.90 Å². The van der Waals surface area contributed by atoms with Crippen LogP contribution in [0.1, 0.15) is 31.1 Å². The van der Waals surface area contributed by atoms with E-state index in [4.69, 9.17) is 19.4 Å². The quantitative estimate of drug-likeness (QED) is 0.410. The molecule has 0 saturated carbocycles. The van der Waals surface area contributed by atoms with E-state index in [0.29, 0.717) is 80.4 Å². The van der Waals surface area contributed by atoms with Crippen molar-refractivity contribution in [2.24, 2.45) is 0 Å². The average Bonchev–Trinajstić information content (AvgIpc) is 3.55. The smallest absolute Gasteiger partial charge is 0.409 e. The molecule has 3 aromatic heterocycles. The number of benzene rings is 1. The Morgan fingerprint density at radius 2 is 1.84 bits per heavy atom. The normalized spacial score (nSPS) is 17.3. The van der Waals surface area contributed by atoms with Gasteiger partial charge in [0.25, 0.3) is 6.43 Å². The van der Waals surface area contributed by atoms with Gasteiger partial charge in [0.2, 0.25) is 5.95 Å². The van der Waals surface area contributed by atoms with E-state index in [0.717, 1.165) is 0 Å². The van der Waals surface area contributed by atoms with Crippen LogP contribution in [0.3, 0.4) is 0 Å². The molecule has 0 radical (unpaired) electrons. The average molecular weight is 513 g/mol. The zero-order chi connectivity index (χ0) is 25.5. The highest BCUT2D eigenvalue weighted by molar-refractivity contribution is 5.85. The summed E-state index contributed by atoms with van der Waals surface area (Å²) in [5.74, 6) is 0.300. The standard InChI is InChI=1S/C24H26F2N8O3/c1-36-24(35)32-8-6-15(7-9-32)33-14-27-18-20(33)29-23(31-10-12-37-13-11-31)30-21(18)34-17-5-3-2-4-16(17)28-22(34)19(25)26/h2-5,14-15,19H,6-13H2,1H3. The molecule has 0 N–H and O–H groups in total. The third-order valence-corrected chi connectivity index (χ3v) is 6.97. The minimum atomic E-state index is -2.81. The summed E-state index contributed by atoms with van der Waals surface area (Å²) >= 11 is 0. The summed E-state index contributed by atoms with van der Waals surface area (Å²) < 4.78 is 42.1. The maximum Gasteiger partial charge on any atom is 0.409 e. The monoisotopic (exact) mass is 512 g/mol. The number of carbonyl (C=O) groups is 1. The molecule has 5 heterocycles. The van der Waals surface area contributed by atoms with Crippen molar-refractivity contribution >= 4 is 34.2 Å². The number of nitrogens with zero attached hydrogens (tertiary/aromatic N) is 8. The fourth-order valence-corrected chi connectivity index (χ4v) is 5.09. The molecule has 0 bridgehead atoms. The van der Waals surface area contributed by atoms with Gasteiger partial charge in [0.1, 0.15) is 0 Å². The molecule has 2 aliphatic heterocycles. The van der Waals surface area contributed by atoms with Gasteiger partial charge in [-0.05, 0) is 25.0 Å². The lowest BCUT2D eigenvalue weighted by molar-refractivity contribution is 0.107. The van der Waals surface area contributed by atoms with Gasteiger partial charge >= 0.3 is 6.09 Å². The summed E-state index contributed by atoms with van der Waals surface area (Å²) in [7, 11) is 1.37. The highest BCUT2D eigenvalue weighted by Gasteiger charge is 2.29. The second-order valence-electron chi connectivity index (χ2n) is 9.05. The van der Waals surface area contributed by atoms with Crippen molar-refractivity contribution in [1.29, 1.82) is 0 Å². The summed E-state index contributed by atoms with van der Waals surface area (Å²) in [6, 6.07) is 7.02. The summed E-state index contributed by atoms with van der Waals surface area (Å²) in [5, 5.41) is 0. The van der Waals surface area contributed by atoms with Gasteiger partial charge in [-0.2, -0.15) is 9.97 Å². The van der Waals surface area contributed by atoms with Crippen molar-refractivity contribution in [3.05, 3.63) is 36.4 Å². The van der Waals surface area contributed by atoms with E-state index in [-0.39, 0.29) is 18.0 Å². The van der Waals surface area contributed by atoms with Crippen LogP contribution in [-0.4, -0.2) is 86.6 Å². The molecule has 2 fully saturated rings. The number of methoxy groups -OCH3 is 1. The van der Waals surface area contributed by atoms with E-state index in [1.165, 1.54) is 11.7 Å². The van der Waals surface area contributed by atoms with Gasteiger partial charge in [-0.1, -0.05) is 12.1 Å². The lowest BCUT2D eigenvalue weighted by atomic mass is 10.1. The Morgan fingerprint density at radius 3 is 2.57 bits per heavy atom. The SMILES string of the molecule is COC(=O)N1CCC(n2cnc3c(-n4c(C(F)F)nc5ccccc54)nc(N4CCOCC4)nc32)CC1. The fourth-order valence-electron chi connectivity index (χ4n) is 5.09. The van der Waals surface area contributed by atoms with E-state index in [1.807, 2.05) is 9.47 Å². The first-order valence-electron chi connectivity index (χ1n) is 12.2. The first-order chi connectivity index (χ1) is 18.0. The molecule has 0 aliphatic carbocycles. The highest BCUT2D eigenvalue weighted by Crippen LogP contribution is 2.33. The largest absolute Gasteiger partial charge is 0.453 e. The van der Waals surface area contributed by atoms with Crippen LogP contribution in [0, 0.1) is 0 Å². The first kappa shape index (κ1) is 23.5. The number of imidazole rings is 2. The number of hydrogen-bond donors (Lipinski definition) is 0. The van der Waals surface area contributed by atoms with Crippen LogP contribution in [0.4, 0.5) is 19.5 Å². The van der Waals surface area contributed by atoms with E-state index in [2.05, 4.69) is 9.97 Å². The molecule has 4 aromatic rings. The summed E-state index contributed by atoms with van der Waals surface area (Å²) in [6.07, 6.45) is -0.105. The van der Waals surface area contributed by atoms with E-state index in [9.17, 15) is 13.6 Å². The second-order valence-corrected chi connectivity index (χ2v) is 9.05. The Hall–Kier alpha value is -3.87. The van der Waals surface area contributed by atoms with Crippen LogP contribution in [-0.2, 0) is 9.47 Å². The summed E-state index contributed by atoms with van der Waals surface area (Å²) in [5.41, 5.74) is 1.94. The van der Waals surface area contributed by atoms with Gasteiger partial charge in [-0.25, -0.2) is 23.5 Å². The van der Waals surface area contributed by atoms with Gasteiger partial charge in [0, 0.05) is 32.2 Å². The Morgan fingerprint density at radius 1 is 1.08 bits per heavy atom. The maximum atomic E-state index is 14.2. The van der Waals surface area contributed by atoms with Crippen LogP contribution in [0.25, 0.3) is 28.0 Å². The number of fused-ring (bicyclic) bond motifs is 2. The van der Waals surface area contributed by atoms with E-state index in [1.54, 1.807) is 35.5 Å². The Balaban J connectivity index is 1.50. The zero-order valence-electron chi connectivity index (χ0n) is 20.3. The minimum absolute atomic E-state index is 0.0281. The lowest BCUT2D eigenvalue weighted by Crippen LogP contribution is -2.39. The Kier molecular flexibility index (Phi) is 6.07. The van der Waals surface area contributed by atoms with Crippen molar-refractivity contribution < 1.29 is 23.0 Å². The Labute approximate surface area is 210 Å². The molecule has 37 heavy (non-hydrogen) atoms. The van der Waals surface area contributed by atoms with Gasteiger partial charge in [-0.15, -0.1) is 0 Å². The first-order valence-corrected chi connectivity index (χ1v) is 12.2. The van der Waals surface area contributed by atoms with Gasteiger partial charge in [-0.3, -0.25) is 4.57 Å². The fraction of sp³-hybridized carbons (Fsp3) is 0.458. The predicted molar refractivity (Wildman–Crippen MR) is 130 cm³/mol. The number of alkyl halides is 2. The number of amides is 1. The number of aromatic nitrogens is 6. The second kappa shape index (κ2) is 9.54. The molecule has 0 atom stereocenters. The summed E-state index contributed by atoms with van der Waals surface area (Å²) in [4.78, 5) is 34.0. The van der Waals surface area contributed by atoms with Crippen molar-refractivity contribution in [1.82, 2.24) is 34.0 Å². The molecule has 1 amide bonds. The van der Waals surface area contributed by atoms with E-state index >= 15 is 0 Å². The molecule has 0 spiro atoms. The van der Waals surface area contributed by atoms with Gasteiger partial charge < -0.3 is 23.8 Å². The molecule has 1 aromatic carbocycles. The third kappa shape index (κ3) is 4.12. The van der Waals surface area contributed by atoms with Crippen molar-refractivity contribution in [3.8, 4) is 5.82 Å². The molecule has 6 rings (SSSR count). The van der Waals surface area contributed by atoms with E-state index < -0.39 is 12.2 Å². The molecule has 2 saturated heterocycles. The predicted octanol–water partition coefficient (Wildman–Crippen LogP) is 3.34. The maximum absolute atomic E-state index is 14.2. The van der Waals surface area contributed by atoms with Gasteiger partial charge in [0.15, 0.2) is 22.8 Å². The number of piperidine rings is 1. The van der Waals surface area contributed by atoms with Crippen molar-refractivity contribution in [3.63, 3.8) is 0 Å². The number of likely N-dealkylation sites (tertiary alicyclic amines) is 1. The number of anilines is 1.